The van der Waals surface area contributed by atoms with E-state index in [-0.39, 0.29) is 44.1 Å². The van der Waals surface area contributed by atoms with Gasteiger partial charge >= 0.3 is 6.03 Å². The molecule has 1 atom stereocenters. The van der Waals surface area contributed by atoms with Crippen LogP contribution < -0.4 is 10.1 Å². The maximum Gasteiger partial charge on any atom is 0.322 e. The quantitative estimate of drug-likeness (QED) is 0.410. The number of nitrogens with zero attached hydrogens (tertiary/aromatic N) is 2. The standard InChI is InChI=1S/C26H27ClFN3O4S/c1-34-12-11-30(26(33)29-20-6-2-4-18(27)14-20)16-25(32)31-10-8-24-22(9-13-36-24)23(31)17-35-21-7-3-5-19(28)15-21/h2-7,9,13-15,23H,8,10-12,16-17H2,1H3,(H,29,33). The second-order valence-electron chi connectivity index (χ2n) is 8.28. The highest BCUT2D eigenvalue weighted by Crippen LogP contribution is 2.34. The predicted octanol–water partition coefficient (Wildman–Crippen LogP) is 5.23. The van der Waals surface area contributed by atoms with Crippen molar-refractivity contribution in [2.24, 2.45) is 0 Å². The fraction of sp³-hybridized carbons (Fsp3) is 0.308. The lowest BCUT2D eigenvalue weighted by molar-refractivity contribution is -0.135. The zero-order valence-electron chi connectivity index (χ0n) is 19.8. The zero-order valence-corrected chi connectivity index (χ0v) is 21.4. The molecule has 1 unspecified atom stereocenters. The molecule has 0 aliphatic carbocycles. The van der Waals surface area contributed by atoms with Crippen molar-refractivity contribution >= 4 is 40.6 Å². The van der Waals surface area contributed by atoms with Gasteiger partial charge in [-0.05, 0) is 53.8 Å². The first kappa shape index (κ1) is 25.9. The van der Waals surface area contributed by atoms with Crippen LogP contribution in [0.15, 0.2) is 60.0 Å². The predicted molar refractivity (Wildman–Crippen MR) is 138 cm³/mol. The Morgan fingerprint density at radius 1 is 1.22 bits per heavy atom. The summed E-state index contributed by atoms with van der Waals surface area (Å²) in [6.45, 7) is 1.04. The van der Waals surface area contributed by atoms with Crippen molar-refractivity contribution in [2.45, 2.75) is 12.5 Å². The van der Waals surface area contributed by atoms with Gasteiger partial charge in [0.2, 0.25) is 5.91 Å². The van der Waals surface area contributed by atoms with Crippen molar-refractivity contribution in [1.82, 2.24) is 9.80 Å². The number of benzene rings is 2. The Morgan fingerprint density at radius 2 is 2.06 bits per heavy atom. The third-order valence-electron chi connectivity index (χ3n) is 5.87. The number of methoxy groups -OCH3 is 1. The lowest BCUT2D eigenvalue weighted by Gasteiger charge is -2.37. The molecule has 4 rings (SSSR count). The SMILES string of the molecule is COCCN(CC(=O)N1CCc2sccc2C1COc1cccc(F)c1)C(=O)Nc1cccc(Cl)c1. The maximum atomic E-state index is 13.6. The highest BCUT2D eigenvalue weighted by Gasteiger charge is 2.33. The number of nitrogens with one attached hydrogen (secondary N) is 1. The van der Waals surface area contributed by atoms with Crippen molar-refractivity contribution in [1.29, 1.82) is 0 Å². The molecular formula is C26H27ClFN3O4S. The van der Waals surface area contributed by atoms with Gasteiger partial charge in [-0.3, -0.25) is 4.79 Å². The third kappa shape index (κ3) is 6.54. The maximum absolute atomic E-state index is 13.6. The number of halogens is 2. The number of hydrogen-bond donors (Lipinski definition) is 1. The summed E-state index contributed by atoms with van der Waals surface area (Å²) in [5, 5.41) is 5.28. The molecule has 2 heterocycles. The number of thiophene rings is 1. The van der Waals surface area contributed by atoms with Gasteiger partial charge in [-0.25, -0.2) is 9.18 Å². The van der Waals surface area contributed by atoms with Crippen LogP contribution in [0.5, 0.6) is 5.75 Å². The molecule has 1 aliphatic rings. The molecule has 3 aromatic rings. The van der Waals surface area contributed by atoms with E-state index in [0.717, 1.165) is 12.0 Å². The van der Waals surface area contributed by atoms with E-state index in [0.29, 0.717) is 23.0 Å². The monoisotopic (exact) mass is 531 g/mol. The van der Waals surface area contributed by atoms with Gasteiger partial charge in [0.1, 0.15) is 24.7 Å². The van der Waals surface area contributed by atoms with Crippen LogP contribution in [-0.4, -0.2) is 61.7 Å². The van der Waals surface area contributed by atoms with Gasteiger partial charge in [-0.2, -0.15) is 0 Å². The highest BCUT2D eigenvalue weighted by molar-refractivity contribution is 7.10. The number of ether oxygens (including phenoxy) is 2. The van der Waals surface area contributed by atoms with Crippen molar-refractivity contribution in [2.75, 3.05) is 45.3 Å². The molecule has 10 heteroatoms. The van der Waals surface area contributed by atoms with Crippen molar-refractivity contribution in [3.63, 3.8) is 0 Å². The van der Waals surface area contributed by atoms with Crippen molar-refractivity contribution in [3.8, 4) is 5.75 Å². The van der Waals surface area contributed by atoms with Gasteiger partial charge in [0.25, 0.3) is 0 Å². The van der Waals surface area contributed by atoms with E-state index in [1.54, 1.807) is 52.6 Å². The summed E-state index contributed by atoms with van der Waals surface area (Å²) in [7, 11) is 1.54. The summed E-state index contributed by atoms with van der Waals surface area (Å²) >= 11 is 7.67. The number of carbonyl (C=O) groups is 2. The molecule has 36 heavy (non-hydrogen) atoms. The molecule has 1 N–H and O–H groups in total. The summed E-state index contributed by atoms with van der Waals surface area (Å²) in [5.41, 5.74) is 1.55. The van der Waals surface area contributed by atoms with E-state index >= 15 is 0 Å². The Morgan fingerprint density at radius 3 is 2.83 bits per heavy atom. The number of amides is 3. The van der Waals surface area contributed by atoms with E-state index < -0.39 is 6.03 Å². The Balaban J connectivity index is 1.49. The van der Waals surface area contributed by atoms with Gasteiger partial charge in [-0.15, -0.1) is 11.3 Å². The van der Waals surface area contributed by atoms with Crippen molar-refractivity contribution in [3.05, 3.63) is 81.3 Å². The Kier molecular flexibility index (Phi) is 8.79. The molecule has 0 bridgehead atoms. The Bertz CT molecular complexity index is 1210. The van der Waals surface area contributed by atoms with E-state index in [4.69, 9.17) is 21.1 Å². The number of anilines is 1. The van der Waals surface area contributed by atoms with Crippen molar-refractivity contribution < 1.29 is 23.5 Å². The fourth-order valence-corrected chi connectivity index (χ4v) is 5.20. The van der Waals surface area contributed by atoms with E-state index in [2.05, 4.69) is 5.32 Å². The van der Waals surface area contributed by atoms with Crippen LogP contribution in [0.25, 0.3) is 0 Å². The molecule has 2 aromatic carbocycles. The first-order valence-electron chi connectivity index (χ1n) is 11.5. The zero-order chi connectivity index (χ0) is 25.5. The normalized spacial score (nSPS) is 14.8. The molecule has 1 aliphatic heterocycles. The number of rotatable bonds is 9. The Hall–Kier alpha value is -3.14. The van der Waals surface area contributed by atoms with E-state index in [1.165, 1.54) is 29.0 Å². The second-order valence-corrected chi connectivity index (χ2v) is 9.71. The van der Waals surface area contributed by atoms with Crippen LogP contribution in [0, 0.1) is 5.82 Å². The first-order valence-corrected chi connectivity index (χ1v) is 12.7. The third-order valence-corrected chi connectivity index (χ3v) is 7.11. The lowest BCUT2D eigenvalue weighted by atomic mass is 10.0. The molecule has 0 radical (unpaired) electrons. The average Bonchev–Trinajstić information content (AvgIpc) is 3.34. The molecule has 3 amide bonds. The van der Waals surface area contributed by atoms with Gasteiger partial charge < -0.3 is 24.6 Å². The van der Waals surface area contributed by atoms with Crippen LogP contribution in [0.1, 0.15) is 16.5 Å². The van der Waals surface area contributed by atoms with Crippen LogP contribution in [0.3, 0.4) is 0 Å². The number of carbonyl (C=O) groups excluding carboxylic acids is 2. The molecule has 0 fully saturated rings. The smallest absolute Gasteiger partial charge is 0.322 e. The van der Waals surface area contributed by atoms with Gasteiger partial charge in [0, 0.05) is 41.9 Å². The van der Waals surface area contributed by atoms with Crippen LogP contribution >= 0.6 is 22.9 Å². The summed E-state index contributed by atoms with van der Waals surface area (Å²) in [4.78, 5) is 30.9. The first-order chi connectivity index (χ1) is 17.4. The van der Waals surface area contributed by atoms with Crippen LogP contribution in [0.2, 0.25) is 5.02 Å². The van der Waals surface area contributed by atoms with E-state index in [9.17, 15) is 14.0 Å². The average molecular weight is 532 g/mol. The minimum atomic E-state index is -0.427. The summed E-state index contributed by atoms with van der Waals surface area (Å²) in [6.07, 6.45) is 0.724. The molecule has 0 saturated heterocycles. The number of urea groups is 1. The fourth-order valence-electron chi connectivity index (χ4n) is 4.08. The Labute approximate surface area is 218 Å². The summed E-state index contributed by atoms with van der Waals surface area (Å²) in [6, 6.07) is 14.0. The summed E-state index contributed by atoms with van der Waals surface area (Å²) < 4.78 is 24.7. The topological polar surface area (TPSA) is 71.1 Å². The molecular weight excluding hydrogens is 505 g/mol. The van der Waals surface area contributed by atoms with Gasteiger partial charge in [-0.1, -0.05) is 23.7 Å². The lowest BCUT2D eigenvalue weighted by Crippen LogP contribution is -2.49. The summed E-state index contributed by atoms with van der Waals surface area (Å²) in [5.74, 6) is -0.204. The van der Waals surface area contributed by atoms with Gasteiger partial charge in [0.05, 0.1) is 12.6 Å². The number of fused-ring (bicyclic) bond motifs is 1. The second kappa shape index (κ2) is 12.2. The van der Waals surface area contributed by atoms with Gasteiger partial charge in [0.15, 0.2) is 0 Å². The molecule has 7 nitrogen and oxygen atoms in total. The minimum Gasteiger partial charge on any atom is -0.491 e. The molecule has 190 valence electrons. The molecule has 0 saturated carbocycles. The molecule has 0 spiro atoms. The van der Waals surface area contributed by atoms with E-state index in [1.807, 2.05) is 11.4 Å². The van der Waals surface area contributed by atoms with Crippen LogP contribution in [-0.2, 0) is 16.0 Å². The molecule has 1 aromatic heterocycles. The minimum absolute atomic E-state index is 0.133. The number of hydrogen-bond acceptors (Lipinski definition) is 5. The van der Waals surface area contributed by atoms with Crippen LogP contribution in [0.4, 0.5) is 14.9 Å². The highest BCUT2D eigenvalue weighted by atomic mass is 35.5. The largest absolute Gasteiger partial charge is 0.491 e.